The summed E-state index contributed by atoms with van der Waals surface area (Å²) in [4.78, 5) is 25.5. The SMILES string of the molecule is O=C(NC(Cc1ccccc1)(c1cc(F)cc(OC(F)(F)C(F)F)c1)c1ccc(F)c(C(=O)O)c1)c1ccc(F)c(C(F)(F)F)c1. The third-order valence-electron chi connectivity index (χ3n) is 6.73. The molecule has 4 aromatic carbocycles. The summed E-state index contributed by atoms with van der Waals surface area (Å²) in [7, 11) is 0. The van der Waals surface area contributed by atoms with Gasteiger partial charge in [-0.2, -0.15) is 30.7 Å². The number of alkyl halides is 7. The molecular weight excluding hydrogens is 640 g/mol. The maximum atomic E-state index is 15.0. The zero-order chi connectivity index (χ0) is 34.0. The molecule has 0 saturated heterocycles. The van der Waals surface area contributed by atoms with Crippen molar-refractivity contribution >= 4 is 11.9 Å². The fourth-order valence-corrected chi connectivity index (χ4v) is 4.64. The van der Waals surface area contributed by atoms with Crippen LogP contribution in [-0.4, -0.2) is 29.5 Å². The molecule has 0 spiro atoms. The molecule has 0 aromatic heterocycles. The molecule has 15 heteroatoms. The van der Waals surface area contributed by atoms with E-state index in [1.54, 1.807) is 6.07 Å². The molecule has 0 aliphatic rings. The number of hydrogen-bond donors (Lipinski definition) is 2. The van der Waals surface area contributed by atoms with Crippen molar-refractivity contribution in [2.75, 3.05) is 0 Å². The molecule has 0 aliphatic heterocycles. The van der Waals surface area contributed by atoms with Crippen LogP contribution in [0.1, 0.15) is 43.0 Å². The lowest BCUT2D eigenvalue weighted by atomic mass is 9.77. The molecule has 4 rings (SSSR count). The molecule has 0 fully saturated rings. The lowest BCUT2D eigenvalue weighted by molar-refractivity contribution is -0.253. The van der Waals surface area contributed by atoms with E-state index in [-0.39, 0.29) is 17.2 Å². The van der Waals surface area contributed by atoms with Crippen LogP contribution < -0.4 is 10.1 Å². The zero-order valence-electron chi connectivity index (χ0n) is 22.8. The van der Waals surface area contributed by atoms with Crippen molar-refractivity contribution in [1.29, 1.82) is 0 Å². The van der Waals surface area contributed by atoms with E-state index in [0.29, 0.717) is 42.5 Å². The monoisotopic (exact) mass is 659 g/mol. The number of carboxylic acids is 1. The molecule has 1 amide bonds. The highest BCUT2D eigenvalue weighted by molar-refractivity contribution is 5.95. The second kappa shape index (κ2) is 12.7. The van der Waals surface area contributed by atoms with Crippen molar-refractivity contribution in [3.8, 4) is 5.75 Å². The highest BCUT2D eigenvalue weighted by atomic mass is 19.4. The van der Waals surface area contributed by atoms with Crippen LogP contribution in [0.25, 0.3) is 0 Å². The molecule has 0 saturated carbocycles. The van der Waals surface area contributed by atoms with E-state index in [9.17, 15) is 54.2 Å². The van der Waals surface area contributed by atoms with E-state index < -0.39 is 88.0 Å². The van der Waals surface area contributed by atoms with Crippen LogP contribution in [0.15, 0.2) is 84.9 Å². The largest absolute Gasteiger partial charge is 0.478 e. The van der Waals surface area contributed by atoms with Crippen LogP contribution in [0.3, 0.4) is 0 Å². The standard InChI is InChI=1S/C31H19F10NO4/c32-20-11-19(12-21(14-20)46-31(40,41)28(35)36)29(15-16-4-2-1-3-5-16,18-7-9-24(33)22(13-18)27(44)45)42-26(43)17-6-8-25(34)23(10-17)30(37,38)39/h1-14,28H,15H2,(H,42,43)(H,44,45). The van der Waals surface area contributed by atoms with E-state index in [1.165, 1.54) is 24.3 Å². The van der Waals surface area contributed by atoms with Gasteiger partial charge in [0.1, 0.15) is 23.2 Å². The van der Waals surface area contributed by atoms with Crippen molar-refractivity contribution in [3.63, 3.8) is 0 Å². The first-order valence-corrected chi connectivity index (χ1v) is 12.9. The molecule has 0 heterocycles. The third kappa shape index (κ3) is 7.24. The summed E-state index contributed by atoms with van der Waals surface area (Å²) >= 11 is 0. The van der Waals surface area contributed by atoms with Gasteiger partial charge in [0.25, 0.3) is 5.91 Å². The first-order valence-electron chi connectivity index (χ1n) is 12.9. The van der Waals surface area contributed by atoms with Crippen LogP contribution in [0.2, 0.25) is 0 Å². The summed E-state index contributed by atoms with van der Waals surface area (Å²) in [6, 6.07) is 12.4. The number of aromatic carboxylic acids is 1. The highest BCUT2D eigenvalue weighted by Crippen LogP contribution is 2.39. The molecule has 242 valence electrons. The van der Waals surface area contributed by atoms with Gasteiger partial charge in [-0.3, -0.25) is 4.79 Å². The van der Waals surface area contributed by atoms with Gasteiger partial charge in [0.05, 0.1) is 16.7 Å². The minimum absolute atomic E-state index is 0.161. The van der Waals surface area contributed by atoms with Crippen LogP contribution in [0, 0.1) is 17.5 Å². The fourth-order valence-electron chi connectivity index (χ4n) is 4.64. The summed E-state index contributed by atoms with van der Waals surface area (Å²) in [5.74, 6) is -8.78. The highest BCUT2D eigenvalue weighted by Gasteiger charge is 2.45. The van der Waals surface area contributed by atoms with Gasteiger partial charge < -0.3 is 15.2 Å². The van der Waals surface area contributed by atoms with Crippen LogP contribution in [0.5, 0.6) is 5.75 Å². The first kappa shape index (κ1) is 33.8. The number of rotatable bonds is 10. The van der Waals surface area contributed by atoms with Crippen molar-refractivity contribution in [2.24, 2.45) is 0 Å². The summed E-state index contributed by atoms with van der Waals surface area (Å²) in [6.45, 7) is 0. The number of ether oxygens (including phenoxy) is 1. The third-order valence-corrected chi connectivity index (χ3v) is 6.73. The fraction of sp³-hybridized carbons (Fsp3) is 0.161. The van der Waals surface area contributed by atoms with Gasteiger partial charge >= 0.3 is 24.7 Å². The lowest BCUT2D eigenvalue weighted by Crippen LogP contribution is -2.49. The Kier molecular flexibility index (Phi) is 9.36. The van der Waals surface area contributed by atoms with E-state index in [1.807, 2.05) is 0 Å². The average molecular weight is 659 g/mol. The van der Waals surface area contributed by atoms with E-state index in [0.717, 1.165) is 6.07 Å². The van der Waals surface area contributed by atoms with Gasteiger partial charge in [0.15, 0.2) is 0 Å². The van der Waals surface area contributed by atoms with Crippen molar-refractivity contribution in [2.45, 2.75) is 30.7 Å². The molecule has 5 nitrogen and oxygen atoms in total. The second-order valence-electron chi connectivity index (χ2n) is 9.85. The Morgan fingerprint density at radius 1 is 0.783 bits per heavy atom. The summed E-state index contributed by atoms with van der Waals surface area (Å²) in [5, 5.41) is 11.9. The number of benzene rings is 4. The van der Waals surface area contributed by atoms with Gasteiger partial charge in [0.2, 0.25) is 0 Å². The molecule has 1 atom stereocenters. The second-order valence-corrected chi connectivity index (χ2v) is 9.85. The smallest absolute Gasteiger partial charge is 0.461 e. The van der Waals surface area contributed by atoms with E-state index in [4.69, 9.17) is 0 Å². The van der Waals surface area contributed by atoms with Crippen molar-refractivity contribution in [3.05, 3.63) is 136 Å². The number of halogens is 10. The number of carboxylic acid groups (broad SMARTS) is 1. The number of nitrogens with one attached hydrogen (secondary N) is 1. The molecule has 1 unspecified atom stereocenters. The molecule has 4 aromatic rings. The van der Waals surface area contributed by atoms with Gasteiger partial charge in [-0.25, -0.2) is 18.0 Å². The Labute approximate surface area is 253 Å². The normalized spacial score (nSPS) is 13.3. The maximum absolute atomic E-state index is 15.0. The van der Waals surface area contributed by atoms with Crippen LogP contribution in [0.4, 0.5) is 43.9 Å². The maximum Gasteiger partial charge on any atom is 0.461 e. The molecular formula is C31H19F10NO4. The molecule has 0 bridgehead atoms. The average Bonchev–Trinajstić information content (AvgIpc) is 2.96. The van der Waals surface area contributed by atoms with Crippen molar-refractivity contribution in [1.82, 2.24) is 5.32 Å². The Hall–Kier alpha value is -5.08. The summed E-state index contributed by atoms with van der Waals surface area (Å²) in [5.41, 5.74) is -6.64. The zero-order valence-corrected chi connectivity index (χ0v) is 22.8. The Balaban J connectivity index is 2.03. The summed E-state index contributed by atoms with van der Waals surface area (Å²) < 4.78 is 141. The number of amides is 1. The van der Waals surface area contributed by atoms with Gasteiger partial charge in [-0.05, 0) is 59.2 Å². The Morgan fingerprint density at radius 2 is 1.43 bits per heavy atom. The van der Waals surface area contributed by atoms with Gasteiger partial charge in [-0.1, -0.05) is 36.4 Å². The number of carbonyl (C=O) groups is 2. The van der Waals surface area contributed by atoms with E-state index >= 15 is 4.39 Å². The lowest BCUT2D eigenvalue weighted by Gasteiger charge is -2.37. The topological polar surface area (TPSA) is 75.6 Å². The minimum Gasteiger partial charge on any atom is -0.478 e. The summed E-state index contributed by atoms with van der Waals surface area (Å²) in [6.07, 6.45) is -15.3. The Bertz CT molecular complexity index is 1760. The molecule has 46 heavy (non-hydrogen) atoms. The first-order chi connectivity index (χ1) is 21.4. The predicted octanol–water partition coefficient (Wildman–Crippen LogP) is 7.97. The molecule has 2 N–H and O–H groups in total. The quantitative estimate of drug-likeness (QED) is 0.170. The van der Waals surface area contributed by atoms with Crippen LogP contribution >= 0.6 is 0 Å². The number of carbonyl (C=O) groups excluding carboxylic acids is 1. The minimum atomic E-state index is -5.25. The number of hydrogen-bond acceptors (Lipinski definition) is 3. The van der Waals surface area contributed by atoms with Crippen LogP contribution in [-0.2, 0) is 18.1 Å². The predicted molar refractivity (Wildman–Crippen MR) is 141 cm³/mol. The van der Waals surface area contributed by atoms with Crippen molar-refractivity contribution < 1.29 is 63.3 Å². The molecule has 0 aliphatic carbocycles. The molecule has 0 radical (unpaired) electrons. The van der Waals surface area contributed by atoms with Gasteiger partial charge in [-0.15, -0.1) is 0 Å². The van der Waals surface area contributed by atoms with E-state index in [2.05, 4.69) is 10.1 Å². The van der Waals surface area contributed by atoms with Gasteiger partial charge in [0, 0.05) is 18.1 Å². The Morgan fingerprint density at radius 3 is 2.04 bits per heavy atom.